The van der Waals surface area contributed by atoms with Crippen molar-refractivity contribution in [2.24, 2.45) is 4.99 Å². The van der Waals surface area contributed by atoms with E-state index in [9.17, 15) is 0 Å². The van der Waals surface area contributed by atoms with Gasteiger partial charge in [-0.15, -0.1) is 24.0 Å². The molecule has 6 nitrogen and oxygen atoms in total. The summed E-state index contributed by atoms with van der Waals surface area (Å²) >= 11 is 0. The number of aliphatic imine (C=N–C) groups is 1. The van der Waals surface area contributed by atoms with Gasteiger partial charge < -0.3 is 15.1 Å². The van der Waals surface area contributed by atoms with E-state index in [2.05, 4.69) is 61.8 Å². The fourth-order valence-electron chi connectivity index (χ4n) is 4.78. The molecule has 2 aromatic rings. The second-order valence-electron chi connectivity index (χ2n) is 8.76. The van der Waals surface area contributed by atoms with Crippen LogP contribution >= 0.6 is 24.0 Å². The summed E-state index contributed by atoms with van der Waals surface area (Å²) in [6, 6.07) is 15.6. The average molecular weight is 552 g/mol. The van der Waals surface area contributed by atoms with Gasteiger partial charge in [-0.2, -0.15) is 0 Å². The van der Waals surface area contributed by atoms with Gasteiger partial charge in [-0.05, 0) is 56.5 Å². The standard InChI is InChI=1S/C25H37N5O.HI/c1-26-25(27-19-23(24-11-8-18-31-24)30-14-6-3-7-15-30)28-22-12-16-29(17-13-22)20-21-9-4-2-5-10-21;/h2,4-5,8-11,18,22-23H,3,6-7,12-17,19-20H2,1H3,(H2,26,27,28);1H. The number of rotatable bonds is 7. The third-order valence-electron chi connectivity index (χ3n) is 6.57. The summed E-state index contributed by atoms with van der Waals surface area (Å²) in [4.78, 5) is 9.59. The second kappa shape index (κ2) is 13.2. The Hall–Kier alpha value is -1.58. The van der Waals surface area contributed by atoms with Crippen molar-refractivity contribution in [2.45, 2.75) is 50.7 Å². The Morgan fingerprint density at radius 2 is 1.78 bits per heavy atom. The Morgan fingerprint density at radius 3 is 2.44 bits per heavy atom. The number of piperidine rings is 2. The highest BCUT2D eigenvalue weighted by atomic mass is 127. The van der Waals surface area contributed by atoms with E-state index < -0.39 is 0 Å². The van der Waals surface area contributed by atoms with Gasteiger partial charge in [0.25, 0.3) is 0 Å². The summed E-state index contributed by atoms with van der Waals surface area (Å²) in [5, 5.41) is 7.23. The van der Waals surface area contributed by atoms with E-state index in [1.54, 1.807) is 6.26 Å². The zero-order valence-electron chi connectivity index (χ0n) is 19.2. The van der Waals surface area contributed by atoms with Gasteiger partial charge in [0, 0.05) is 39.3 Å². The van der Waals surface area contributed by atoms with Crippen molar-refractivity contribution in [2.75, 3.05) is 39.8 Å². The molecule has 0 aliphatic carbocycles. The summed E-state index contributed by atoms with van der Waals surface area (Å²) in [6.45, 7) is 6.36. The molecule has 0 bridgehead atoms. The molecule has 0 radical (unpaired) electrons. The van der Waals surface area contributed by atoms with Crippen molar-refractivity contribution in [1.82, 2.24) is 20.4 Å². The first-order valence-corrected chi connectivity index (χ1v) is 11.8. The van der Waals surface area contributed by atoms with Crippen molar-refractivity contribution in [3.8, 4) is 0 Å². The smallest absolute Gasteiger partial charge is 0.191 e. The van der Waals surface area contributed by atoms with E-state index in [1.165, 1.54) is 24.8 Å². The molecule has 2 saturated heterocycles. The highest BCUT2D eigenvalue weighted by Gasteiger charge is 2.25. The minimum atomic E-state index is 0. The van der Waals surface area contributed by atoms with E-state index in [0.29, 0.717) is 6.04 Å². The van der Waals surface area contributed by atoms with Gasteiger partial charge in [-0.1, -0.05) is 36.8 Å². The van der Waals surface area contributed by atoms with E-state index in [-0.39, 0.29) is 30.0 Å². The second-order valence-corrected chi connectivity index (χ2v) is 8.76. The molecule has 2 aliphatic rings. The lowest BCUT2D eigenvalue weighted by atomic mass is 10.0. The molecule has 176 valence electrons. The summed E-state index contributed by atoms with van der Waals surface area (Å²) < 4.78 is 5.78. The summed E-state index contributed by atoms with van der Waals surface area (Å²) in [6.07, 6.45) is 7.93. The molecular weight excluding hydrogens is 513 g/mol. The molecule has 1 aromatic carbocycles. The molecule has 3 heterocycles. The van der Waals surface area contributed by atoms with Gasteiger partial charge in [-0.3, -0.25) is 14.8 Å². The Kier molecular flexibility index (Phi) is 10.3. The van der Waals surface area contributed by atoms with Gasteiger partial charge in [0.2, 0.25) is 0 Å². The summed E-state index contributed by atoms with van der Waals surface area (Å²) in [5.74, 6) is 1.94. The van der Waals surface area contributed by atoms with Crippen LogP contribution in [0.3, 0.4) is 0 Å². The molecule has 0 spiro atoms. The lowest BCUT2D eigenvalue weighted by Gasteiger charge is -2.35. The van der Waals surface area contributed by atoms with Gasteiger partial charge in [-0.25, -0.2) is 0 Å². The summed E-state index contributed by atoms with van der Waals surface area (Å²) in [5.41, 5.74) is 1.40. The van der Waals surface area contributed by atoms with Crippen LogP contribution in [0.15, 0.2) is 58.1 Å². The molecular formula is C25H38IN5O. The van der Waals surface area contributed by atoms with Crippen LogP contribution in [0.2, 0.25) is 0 Å². The molecule has 1 atom stereocenters. The third kappa shape index (κ3) is 7.22. The molecule has 1 unspecified atom stereocenters. The van der Waals surface area contributed by atoms with E-state index in [4.69, 9.17) is 4.42 Å². The van der Waals surface area contributed by atoms with Crippen molar-refractivity contribution in [3.05, 3.63) is 60.1 Å². The average Bonchev–Trinajstić information content (AvgIpc) is 3.36. The van der Waals surface area contributed by atoms with Gasteiger partial charge in [0.1, 0.15) is 5.76 Å². The lowest BCUT2D eigenvalue weighted by Crippen LogP contribution is -2.50. The Bertz CT molecular complexity index is 784. The van der Waals surface area contributed by atoms with E-state index >= 15 is 0 Å². The first-order valence-electron chi connectivity index (χ1n) is 11.8. The molecule has 4 rings (SSSR count). The zero-order valence-corrected chi connectivity index (χ0v) is 21.5. The monoisotopic (exact) mass is 551 g/mol. The Labute approximate surface area is 209 Å². The van der Waals surface area contributed by atoms with Crippen molar-refractivity contribution in [3.63, 3.8) is 0 Å². The largest absolute Gasteiger partial charge is 0.468 e. The third-order valence-corrected chi connectivity index (χ3v) is 6.57. The zero-order chi connectivity index (χ0) is 21.3. The van der Waals surface area contributed by atoms with Crippen LogP contribution in [-0.4, -0.2) is 61.6 Å². The number of halogens is 1. The molecule has 1 aromatic heterocycles. The molecule has 32 heavy (non-hydrogen) atoms. The fraction of sp³-hybridized carbons (Fsp3) is 0.560. The lowest BCUT2D eigenvalue weighted by molar-refractivity contribution is 0.146. The van der Waals surface area contributed by atoms with Crippen LogP contribution in [0.4, 0.5) is 0 Å². The molecule has 0 amide bonds. The highest BCUT2D eigenvalue weighted by Crippen LogP contribution is 2.24. The van der Waals surface area contributed by atoms with Crippen molar-refractivity contribution < 1.29 is 4.42 Å². The minimum Gasteiger partial charge on any atom is -0.468 e. The number of guanidine groups is 1. The van der Waals surface area contributed by atoms with Crippen LogP contribution < -0.4 is 10.6 Å². The number of hydrogen-bond acceptors (Lipinski definition) is 4. The number of hydrogen-bond donors (Lipinski definition) is 2. The van der Waals surface area contributed by atoms with Crippen molar-refractivity contribution in [1.29, 1.82) is 0 Å². The number of likely N-dealkylation sites (tertiary alicyclic amines) is 2. The quantitative estimate of drug-likeness (QED) is 0.306. The molecule has 2 fully saturated rings. The predicted molar refractivity (Wildman–Crippen MR) is 142 cm³/mol. The molecule has 7 heteroatoms. The normalized spacial score (nSPS) is 19.8. The maximum atomic E-state index is 5.78. The molecule has 0 saturated carbocycles. The molecule has 2 N–H and O–H groups in total. The predicted octanol–water partition coefficient (Wildman–Crippen LogP) is 4.25. The van der Waals surface area contributed by atoms with Crippen LogP contribution in [0.25, 0.3) is 0 Å². The Balaban J connectivity index is 0.00000289. The SMILES string of the molecule is CN=C(NCC(c1ccco1)N1CCCCC1)NC1CCN(Cc2ccccc2)CC1.I. The highest BCUT2D eigenvalue weighted by molar-refractivity contribution is 14.0. The first kappa shape index (κ1) is 25.1. The number of nitrogens with zero attached hydrogens (tertiary/aromatic N) is 3. The molecule has 2 aliphatic heterocycles. The van der Waals surface area contributed by atoms with Crippen LogP contribution in [0.1, 0.15) is 49.5 Å². The fourth-order valence-corrected chi connectivity index (χ4v) is 4.78. The van der Waals surface area contributed by atoms with Crippen molar-refractivity contribution >= 4 is 29.9 Å². The number of nitrogens with one attached hydrogen (secondary N) is 2. The minimum absolute atomic E-state index is 0. The van der Waals surface area contributed by atoms with Gasteiger partial charge in [0.05, 0.1) is 12.3 Å². The number of benzene rings is 1. The topological polar surface area (TPSA) is 56.0 Å². The van der Waals surface area contributed by atoms with Crippen LogP contribution in [-0.2, 0) is 6.54 Å². The number of furan rings is 1. The maximum absolute atomic E-state index is 5.78. The van der Waals surface area contributed by atoms with E-state index in [1.807, 2.05) is 13.1 Å². The van der Waals surface area contributed by atoms with Gasteiger partial charge >= 0.3 is 0 Å². The first-order chi connectivity index (χ1) is 15.3. The van der Waals surface area contributed by atoms with Gasteiger partial charge in [0.15, 0.2) is 5.96 Å². The maximum Gasteiger partial charge on any atom is 0.191 e. The Morgan fingerprint density at radius 1 is 1.03 bits per heavy atom. The van der Waals surface area contributed by atoms with Crippen LogP contribution in [0.5, 0.6) is 0 Å². The van der Waals surface area contributed by atoms with Crippen LogP contribution in [0, 0.1) is 0 Å². The van der Waals surface area contributed by atoms with E-state index in [0.717, 1.165) is 63.8 Å². The summed E-state index contributed by atoms with van der Waals surface area (Å²) in [7, 11) is 1.86.